The largest absolute Gasteiger partial charge is 0.339 e. The third kappa shape index (κ3) is 4.11. The van der Waals surface area contributed by atoms with Crippen LogP contribution >= 0.6 is 23.2 Å². The van der Waals surface area contributed by atoms with Crippen molar-refractivity contribution >= 4 is 29.1 Å². The first-order valence-corrected chi connectivity index (χ1v) is 9.00. The Morgan fingerprint density at radius 3 is 2.58 bits per heavy atom. The van der Waals surface area contributed by atoms with E-state index < -0.39 is 0 Å². The van der Waals surface area contributed by atoms with E-state index in [-0.39, 0.29) is 5.91 Å². The van der Waals surface area contributed by atoms with E-state index in [9.17, 15) is 4.79 Å². The molecule has 2 rings (SSSR count). The average Bonchev–Trinajstić information content (AvgIpc) is 2.84. The van der Waals surface area contributed by atoms with E-state index in [2.05, 4.69) is 12.0 Å². The molecule has 0 radical (unpaired) electrons. The number of aryl methyl sites for hydroxylation is 1. The summed E-state index contributed by atoms with van der Waals surface area (Å²) in [6.07, 6.45) is 2.02. The molecule has 0 bridgehead atoms. The Morgan fingerprint density at radius 2 is 1.96 bits per heavy atom. The van der Waals surface area contributed by atoms with Crippen LogP contribution in [0.2, 0.25) is 10.2 Å². The maximum atomic E-state index is 12.8. The molecule has 24 heavy (non-hydrogen) atoms. The Morgan fingerprint density at radius 1 is 1.25 bits per heavy atom. The maximum absolute atomic E-state index is 12.8. The number of unbranched alkanes of at least 4 members (excludes halogenated alkanes) is 1. The fraction of sp³-hybridized carbons (Fsp3) is 0.444. The van der Waals surface area contributed by atoms with Crippen LogP contribution in [0, 0.1) is 6.92 Å². The molecular weight excluding hydrogens is 345 g/mol. The molecule has 6 heteroatoms. The molecule has 0 N–H and O–H groups in total. The SMILES string of the molecule is CCCCN(CC)C(=O)c1c(C)nn(Cc2ccccc2Cl)c1Cl. The zero-order valence-corrected chi connectivity index (χ0v) is 15.9. The van der Waals surface area contributed by atoms with Crippen molar-refractivity contribution in [3.8, 4) is 0 Å². The summed E-state index contributed by atoms with van der Waals surface area (Å²) in [6.45, 7) is 7.73. The first kappa shape index (κ1) is 18.8. The third-order valence-corrected chi connectivity index (χ3v) is 4.76. The van der Waals surface area contributed by atoms with Gasteiger partial charge in [-0.1, -0.05) is 54.7 Å². The second-order valence-electron chi connectivity index (χ2n) is 5.74. The first-order chi connectivity index (χ1) is 11.5. The van der Waals surface area contributed by atoms with Gasteiger partial charge in [0.25, 0.3) is 5.91 Å². The van der Waals surface area contributed by atoms with Crippen molar-refractivity contribution in [2.75, 3.05) is 13.1 Å². The van der Waals surface area contributed by atoms with Crippen LogP contribution in [0.25, 0.3) is 0 Å². The van der Waals surface area contributed by atoms with Gasteiger partial charge in [-0.15, -0.1) is 0 Å². The molecule has 1 heterocycles. The highest BCUT2D eigenvalue weighted by Crippen LogP contribution is 2.24. The predicted molar refractivity (Wildman–Crippen MR) is 99.0 cm³/mol. The Hall–Kier alpha value is -1.52. The van der Waals surface area contributed by atoms with Crippen LogP contribution in [0.3, 0.4) is 0 Å². The topological polar surface area (TPSA) is 38.1 Å². The van der Waals surface area contributed by atoms with E-state index in [0.29, 0.717) is 34.5 Å². The molecule has 0 spiro atoms. The second-order valence-corrected chi connectivity index (χ2v) is 6.50. The minimum Gasteiger partial charge on any atom is -0.339 e. The van der Waals surface area contributed by atoms with Crippen molar-refractivity contribution in [3.63, 3.8) is 0 Å². The zero-order chi connectivity index (χ0) is 17.7. The van der Waals surface area contributed by atoms with E-state index in [1.165, 1.54) is 0 Å². The highest BCUT2D eigenvalue weighted by molar-refractivity contribution is 6.33. The minimum atomic E-state index is -0.0566. The molecule has 4 nitrogen and oxygen atoms in total. The van der Waals surface area contributed by atoms with Gasteiger partial charge in [-0.05, 0) is 31.9 Å². The number of benzene rings is 1. The number of nitrogens with zero attached hydrogens (tertiary/aromatic N) is 3. The summed E-state index contributed by atoms with van der Waals surface area (Å²) in [5.74, 6) is -0.0566. The summed E-state index contributed by atoms with van der Waals surface area (Å²) >= 11 is 12.7. The van der Waals surface area contributed by atoms with Gasteiger partial charge in [0.15, 0.2) is 0 Å². The van der Waals surface area contributed by atoms with Gasteiger partial charge in [0.05, 0.1) is 17.8 Å². The quantitative estimate of drug-likeness (QED) is 0.704. The fourth-order valence-electron chi connectivity index (χ4n) is 2.60. The maximum Gasteiger partial charge on any atom is 0.258 e. The summed E-state index contributed by atoms with van der Waals surface area (Å²) < 4.78 is 1.64. The molecule has 0 fully saturated rings. The van der Waals surface area contributed by atoms with Crippen molar-refractivity contribution in [3.05, 3.63) is 51.3 Å². The molecule has 1 aromatic heterocycles. The van der Waals surface area contributed by atoms with Crippen LogP contribution in [0.5, 0.6) is 0 Å². The second kappa shape index (κ2) is 8.54. The molecule has 2 aromatic rings. The molecule has 1 aromatic carbocycles. The Balaban J connectivity index is 2.28. The number of carbonyl (C=O) groups excluding carboxylic acids is 1. The molecule has 1 amide bonds. The lowest BCUT2D eigenvalue weighted by molar-refractivity contribution is 0.0761. The number of hydrogen-bond acceptors (Lipinski definition) is 2. The van der Waals surface area contributed by atoms with Crippen molar-refractivity contribution in [2.24, 2.45) is 0 Å². The van der Waals surface area contributed by atoms with Gasteiger partial charge in [0.2, 0.25) is 0 Å². The molecule has 0 aliphatic carbocycles. The van der Waals surface area contributed by atoms with E-state index >= 15 is 0 Å². The van der Waals surface area contributed by atoms with Crippen LogP contribution in [0.1, 0.15) is 48.3 Å². The summed E-state index contributed by atoms with van der Waals surface area (Å²) in [7, 11) is 0. The number of aromatic nitrogens is 2. The normalized spacial score (nSPS) is 10.9. The molecule has 0 saturated heterocycles. The average molecular weight is 368 g/mol. The number of hydrogen-bond donors (Lipinski definition) is 0. The Labute approximate surface area is 153 Å². The monoisotopic (exact) mass is 367 g/mol. The number of amides is 1. The van der Waals surface area contributed by atoms with Gasteiger partial charge >= 0.3 is 0 Å². The highest BCUT2D eigenvalue weighted by Gasteiger charge is 2.24. The van der Waals surface area contributed by atoms with Crippen LogP contribution < -0.4 is 0 Å². The minimum absolute atomic E-state index is 0.0566. The molecule has 0 aliphatic rings. The molecule has 0 aliphatic heterocycles. The van der Waals surface area contributed by atoms with Crippen molar-refractivity contribution in [1.82, 2.24) is 14.7 Å². The number of rotatable bonds is 7. The van der Waals surface area contributed by atoms with Crippen LogP contribution in [-0.4, -0.2) is 33.7 Å². The van der Waals surface area contributed by atoms with E-state index in [1.807, 2.05) is 43.0 Å². The van der Waals surface area contributed by atoms with E-state index in [1.54, 1.807) is 4.68 Å². The fourth-order valence-corrected chi connectivity index (χ4v) is 3.11. The van der Waals surface area contributed by atoms with Crippen molar-refractivity contribution < 1.29 is 4.79 Å². The molecule has 0 unspecified atom stereocenters. The lowest BCUT2D eigenvalue weighted by Crippen LogP contribution is -2.32. The smallest absolute Gasteiger partial charge is 0.258 e. The van der Waals surface area contributed by atoms with Crippen LogP contribution in [0.15, 0.2) is 24.3 Å². The third-order valence-electron chi connectivity index (χ3n) is 4.01. The lowest BCUT2D eigenvalue weighted by atomic mass is 10.2. The number of halogens is 2. The molecular formula is C18H23Cl2N3O. The zero-order valence-electron chi connectivity index (χ0n) is 14.4. The molecule has 0 saturated carbocycles. The first-order valence-electron chi connectivity index (χ1n) is 8.25. The predicted octanol–water partition coefficient (Wildman–Crippen LogP) is 4.81. The molecule has 130 valence electrons. The molecule has 0 atom stereocenters. The van der Waals surface area contributed by atoms with Gasteiger partial charge in [0.1, 0.15) is 5.15 Å². The Kier molecular flexibility index (Phi) is 6.69. The van der Waals surface area contributed by atoms with Crippen LogP contribution in [0.4, 0.5) is 0 Å². The highest BCUT2D eigenvalue weighted by atomic mass is 35.5. The summed E-state index contributed by atoms with van der Waals surface area (Å²) in [4.78, 5) is 14.6. The standard InChI is InChI=1S/C18H23Cl2N3O/c1-4-6-11-22(5-2)18(24)16-13(3)21-23(17(16)20)12-14-9-7-8-10-15(14)19/h7-10H,4-6,11-12H2,1-3H3. The van der Waals surface area contributed by atoms with Gasteiger partial charge in [-0.2, -0.15) is 5.10 Å². The number of carbonyl (C=O) groups is 1. The van der Waals surface area contributed by atoms with Gasteiger partial charge < -0.3 is 4.90 Å². The van der Waals surface area contributed by atoms with E-state index in [4.69, 9.17) is 23.2 Å². The van der Waals surface area contributed by atoms with Gasteiger partial charge in [0, 0.05) is 18.1 Å². The van der Waals surface area contributed by atoms with Gasteiger partial charge in [-0.3, -0.25) is 4.79 Å². The van der Waals surface area contributed by atoms with Crippen molar-refractivity contribution in [2.45, 2.75) is 40.2 Å². The summed E-state index contributed by atoms with van der Waals surface area (Å²) in [5.41, 5.74) is 2.05. The Bertz CT molecular complexity index is 712. The summed E-state index contributed by atoms with van der Waals surface area (Å²) in [5, 5.41) is 5.47. The lowest BCUT2D eigenvalue weighted by Gasteiger charge is -2.20. The van der Waals surface area contributed by atoms with Crippen molar-refractivity contribution in [1.29, 1.82) is 0 Å². The van der Waals surface area contributed by atoms with E-state index in [0.717, 1.165) is 24.9 Å². The van der Waals surface area contributed by atoms with Crippen LogP contribution in [-0.2, 0) is 6.54 Å². The summed E-state index contributed by atoms with van der Waals surface area (Å²) in [6, 6.07) is 7.55. The van der Waals surface area contributed by atoms with Gasteiger partial charge in [-0.25, -0.2) is 4.68 Å².